The molecule has 6 nitrogen and oxygen atoms in total. The Morgan fingerprint density at radius 1 is 1.00 bits per heavy atom. The third-order valence-corrected chi connectivity index (χ3v) is 5.08. The quantitative estimate of drug-likeness (QED) is 0.886. The predicted octanol–water partition coefficient (Wildman–Crippen LogP) is 2.77. The Hall–Kier alpha value is -3.02. The minimum atomic E-state index is -0.687. The highest BCUT2D eigenvalue weighted by molar-refractivity contribution is 5.94. The molecular weight excluding hydrogens is 356 g/mol. The molecule has 2 aliphatic heterocycles. The van der Waals surface area contributed by atoms with Crippen molar-refractivity contribution < 1.29 is 19.1 Å². The lowest BCUT2D eigenvalue weighted by molar-refractivity contribution is -0.130. The number of ether oxygens (including phenoxy) is 2. The molecule has 1 saturated heterocycles. The van der Waals surface area contributed by atoms with E-state index in [4.69, 9.17) is 9.47 Å². The molecule has 2 aliphatic rings. The third-order valence-electron chi connectivity index (χ3n) is 5.08. The summed E-state index contributed by atoms with van der Waals surface area (Å²) in [6.45, 7) is 2.15. The molecule has 2 aromatic rings. The summed E-state index contributed by atoms with van der Waals surface area (Å²) >= 11 is 0. The number of likely N-dealkylation sites (tertiary alicyclic amines) is 1. The monoisotopic (exact) mass is 380 g/mol. The number of para-hydroxylation sites is 2. The first-order chi connectivity index (χ1) is 13.7. The Kier molecular flexibility index (Phi) is 5.46. The maximum atomic E-state index is 12.7. The second kappa shape index (κ2) is 8.33. The van der Waals surface area contributed by atoms with Gasteiger partial charge < -0.3 is 19.7 Å². The number of rotatable bonds is 4. The summed E-state index contributed by atoms with van der Waals surface area (Å²) in [5.74, 6) is 1.05. The van der Waals surface area contributed by atoms with Crippen molar-refractivity contribution in [3.8, 4) is 11.5 Å². The Bertz CT molecular complexity index is 861. The van der Waals surface area contributed by atoms with E-state index in [2.05, 4.69) is 5.32 Å². The maximum Gasteiger partial charge on any atom is 0.264 e. The fourth-order valence-electron chi connectivity index (χ4n) is 3.55. The molecule has 2 heterocycles. The molecule has 2 amide bonds. The molecule has 0 bridgehead atoms. The average molecular weight is 380 g/mol. The number of fused-ring (bicyclic) bond motifs is 1. The van der Waals surface area contributed by atoms with Crippen LogP contribution in [0.3, 0.4) is 0 Å². The molecule has 0 saturated carbocycles. The average Bonchev–Trinajstić information content (AvgIpc) is 2.77. The zero-order valence-corrected chi connectivity index (χ0v) is 15.7. The van der Waals surface area contributed by atoms with Crippen LogP contribution in [0.1, 0.15) is 35.2 Å². The van der Waals surface area contributed by atoms with Gasteiger partial charge in [0.25, 0.3) is 11.8 Å². The van der Waals surface area contributed by atoms with E-state index in [1.54, 1.807) is 6.07 Å². The number of carbonyl (C=O) groups is 2. The maximum absolute atomic E-state index is 12.7. The lowest BCUT2D eigenvalue weighted by Crippen LogP contribution is -2.43. The van der Waals surface area contributed by atoms with E-state index < -0.39 is 6.10 Å². The van der Waals surface area contributed by atoms with Crippen molar-refractivity contribution in [2.45, 2.75) is 31.9 Å². The Morgan fingerprint density at radius 3 is 2.61 bits per heavy atom. The molecule has 0 radical (unpaired) electrons. The molecule has 0 unspecified atom stereocenters. The van der Waals surface area contributed by atoms with Gasteiger partial charge in [-0.15, -0.1) is 0 Å². The Balaban J connectivity index is 1.35. The van der Waals surface area contributed by atoms with Gasteiger partial charge in [-0.2, -0.15) is 0 Å². The van der Waals surface area contributed by atoms with Gasteiger partial charge in [0.15, 0.2) is 11.5 Å². The number of piperidine rings is 1. The first kappa shape index (κ1) is 18.3. The molecule has 1 fully saturated rings. The molecule has 28 heavy (non-hydrogen) atoms. The largest absolute Gasteiger partial charge is 0.485 e. The molecule has 146 valence electrons. The van der Waals surface area contributed by atoms with E-state index in [0.29, 0.717) is 23.6 Å². The van der Waals surface area contributed by atoms with Crippen molar-refractivity contribution in [1.82, 2.24) is 10.2 Å². The Morgan fingerprint density at radius 2 is 1.79 bits per heavy atom. The fraction of sp³-hybridized carbons (Fsp3) is 0.364. The van der Waals surface area contributed by atoms with Crippen LogP contribution >= 0.6 is 0 Å². The second-order valence-electron chi connectivity index (χ2n) is 7.14. The van der Waals surface area contributed by atoms with Gasteiger partial charge in [0.1, 0.15) is 6.61 Å². The highest BCUT2D eigenvalue weighted by Crippen LogP contribution is 2.30. The number of hydrogen-bond acceptors (Lipinski definition) is 4. The van der Waals surface area contributed by atoms with Crippen LogP contribution in [0.2, 0.25) is 0 Å². The molecule has 1 N–H and O–H groups in total. The topological polar surface area (TPSA) is 67.9 Å². The first-order valence-corrected chi connectivity index (χ1v) is 9.75. The van der Waals surface area contributed by atoms with Crippen LogP contribution in [0, 0.1) is 0 Å². The number of nitrogens with zero attached hydrogens (tertiary/aromatic N) is 1. The van der Waals surface area contributed by atoms with Gasteiger partial charge in [-0.05, 0) is 49.1 Å². The number of benzene rings is 2. The molecular formula is C22H24N2O4. The van der Waals surface area contributed by atoms with Crippen LogP contribution in [-0.2, 0) is 11.3 Å². The van der Waals surface area contributed by atoms with Gasteiger partial charge >= 0.3 is 0 Å². The standard InChI is InChI=1S/C22H24N2O4/c25-21(20-15-27-18-9-2-3-10-19(18)28-20)23-14-16-7-6-8-17(13-16)22(26)24-11-4-1-5-12-24/h2-3,6-10,13,20H,1,4-5,11-12,14-15H2,(H,23,25)/t20-/m0/s1. The summed E-state index contributed by atoms with van der Waals surface area (Å²) in [6.07, 6.45) is 2.63. The summed E-state index contributed by atoms with van der Waals surface area (Å²) < 4.78 is 11.3. The molecule has 4 rings (SSSR count). The number of nitrogens with one attached hydrogen (secondary N) is 1. The summed E-state index contributed by atoms with van der Waals surface area (Å²) in [6, 6.07) is 14.7. The van der Waals surface area contributed by atoms with Crippen molar-refractivity contribution in [1.29, 1.82) is 0 Å². The minimum absolute atomic E-state index is 0.0634. The van der Waals surface area contributed by atoms with E-state index >= 15 is 0 Å². The van der Waals surface area contributed by atoms with Gasteiger partial charge in [0.2, 0.25) is 6.10 Å². The van der Waals surface area contributed by atoms with Crippen LogP contribution in [0.25, 0.3) is 0 Å². The highest BCUT2D eigenvalue weighted by atomic mass is 16.6. The van der Waals surface area contributed by atoms with Crippen LogP contribution < -0.4 is 14.8 Å². The number of hydrogen-bond donors (Lipinski definition) is 1. The summed E-state index contributed by atoms with van der Waals surface area (Å²) in [5.41, 5.74) is 1.55. The zero-order valence-electron chi connectivity index (χ0n) is 15.7. The lowest BCUT2D eigenvalue weighted by atomic mass is 10.1. The third kappa shape index (κ3) is 4.11. The van der Waals surface area contributed by atoms with E-state index in [9.17, 15) is 9.59 Å². The van der Waals surface area contributed by atoms with E-state index in [0.717, 1.165) is 31.5 Å². The number of amides is 2. The zero-order chi connectivity index (χ0) is 19.3. The highest BCUT2D eigenvalue weighted by Gasteiger charge is 2.27. The van der Waals surface area contributed by atoms with Crippen molar-refractivity contribution in [2.24, 2.45) is 0 Å². The van der Waals surface area contributed by atoms with Gasteiger partial charge in [0, 0.05) is 25.2 Å². The van der Waals surface area contributed by atoms with Crippen LogP contribution in [-0.4, -0.2) is 42.5 Å². The van der Waals surface area contributed by atoms with E-state index in [1.165, 1.54) is 6.42 Å². The fourth-order valence-corrected chi connectivity index (χ4v) is 3.55. The van der Waals surface area contributed by atoms with Crippen molar-refractivity contribution in [2.75, 3.05) is 19.7 Å². The summed E-state index contributed by atoms with van der Waals surface area (Å²) in [4.78, 5) is 27.0. The molecule has 0 spiro atoms. The van der Waals surface area contributed by atoms with Crippen molar-refractivity contribution in [3.63, 3.8) is 0 Å². The van der Waals surface area contributed by atoms with Crippen molar-refractivity contribution in [3.05, 3.63) is 59.7 Å². The minimum Gasteiger partial charge on any atom is -0.485 e. The molecule has 0 aromatic heterocycles. The molecule has 1 atom stereocenters. The van der Waals surface area contributed by atoms with Gasteiger partial charge in [-0.1, -0.05) is 24.3 Å². The van der Waals surface area contributed by atoms with Crippen LogP contribution in [0.4, 0.5) is 0 Å². The van der Waals surface area contributed by atoms with E-state index in [1.807, 2.05) is 47.4 Å². The molecule has 2 aromatic carbocycles. The van der Waals surface area contributed by atoms with Gasteiger partial charge in [0.05, 0.1) is 0 Å². The SMILES string of the molecule is O=C(NCc1cccc(C(=O)N2CCCCC2)c1)[C@@H]1COc2ccccc2O1. The van der Waals surface area contributed by atoms with Crippen LogP contribution in [0.5, 0.6) is 11.5 Å². The number of carbonyl (C=O) groups excluding carboxylic acids is 2. The predicted molar refractivity (Wildman–Crippen MR) is 104 cm³/mol. The van der Waals surface area contributed by atoms with E-state index in [-0.39, 0.29) is 18.4 Å². The smallest absolute Gasteiger partial charge is 0.264 e. The lowest BCUT2D eigenvalue weighted by Gasteiger charge is -2.27. The Labute approximate surface area is 164 Å². The van der Waals surface area contributed by atoms with Gasteiger partial charge in [-0.25, -0.2) is 0 Å². The summed E-state index contributed by atoms with van der Waals surface area (Å²) in [5, 5.41) is 2.88. The summed E-state index contributed by atoms with van der Waals surface area (Å²) in [7, 11) is 0. The molecule has 6 heteroatoms. The van der Waals surface area contributed by atoms with Gasteiger partial charge in [-0.3, -0.25) is 9.59 Å². The van der Waals surface area contributed by atoms with Crippen molar-refractivity contribution >= 4 is 11.8 Å². The first-order valence-electron chi connectivity index (χ1n) is 9.75. The normalized spacial score (nSPS) is 18.4. The second-order valence-corrected chi connectivity index (χ2v) is 7.14. The molecule has 0 aliphatic carbocycles. The van der Waals surface area contributed by atoms with Crippen LogP contribution in [0.15, 0.2) is 48.5 Å².